The average molecular weight is 280 g/mol. The highest BCUT2D eigenvalue weighted by atomic mass is 19.1. The molecule has 1 aliphatic carbocycles. The molecule has 2 N–H and O–H groups in total. The van der Waals surface area contributed by atoms with E-state index < -0.39 is 11.6 Å². The maximum absolute atomic E-state index is 13.5. The second kappa shape index (κ2) is 5.13. The van der Waals surface area contributed by atoms with Crippen molar-refractivity contribution in [2.24, 2.45) is 17.6 Å². The van der Waals surface area contributed by atoms with Crippen molar-refractivity contribution in [1.29, 1.82) is 0 Å². The van der Waals surface area contributed by atoms with Crippen LogP contribution in [0.4, 0.5) is 8.78 Å². The van der Waals surface area contributed by atoms with E-state index in [1.165, 1.54) is 12.8 Å². The van der Waals surface area contributed by atoms with Crippen molar-refractivity contribution < 1.29 is 13.6 Å². The molecule has 0 radical (unpaired) electrons. The van der Waals surface area contributed by atoms with Gasteiger partial charge in [0.1, 0.15) is 11.6 Å². The number of carbonyl (C=O) groups is 1. The van der Waals surface area contributed by atoms with E-state index in [-0.39, 0.29) is 23.9 Å². The van der Waals surface area contributed by atoms with Crippen LogP contribution < -0.4 is 5.73 Å². The number of nitrogens with two attached hydrogens (primary N) is 1. The summed E-state index contributed by atoms with van der Waals surface area (Å²) in [5.41, 5.74) is 6.18. The van der Waals surface area contributed by atoms with E-state index in [0.29, 0.717) is 24.9 Å². The summed E-state index contributed by atoms with van der Waals surface area (Å²) < 4.78 is 26.6. The normalized spacial score (nSPS) is 26.1. The molecule has 1 saturated heterocycles. The van der Waals surface area contributed by atoms with Gasteiger partial charge in [-0.1, -0.05) is 0 Å². The number of hydrogen-bond donors (Lipinski definition) is 1. The largest absolute Gasteiger partial charge is 0.340 e. The lowest BCUT2D eigenvalue weighted by Crippen LogP contribution is -2.33. The highest BCUT2D eigenvalue weighted by Crippen LogP contribution is 2.40. The number of nitrogens with zero attached hydrogens (tertiary/aromatic N) is 1. The number of benzene rings is 1. The number of carbonyl (C=O) groups excluding carboxylic acids is 1. The lowest BCUT2D eigenvalue weighted by atomic mass is 9.99. The molecule has 5 heteroatoms. The molecule has 3 nitrogen and oxygen atoms in total. The fraction of sp³-hybridized carbons (Fsp3) is 0.533. The molecule has 1 heterocycles. The zero-order valence-electron chi connectivity index (χ0n) is 11.2. The van der Waals surface area contributed by atoms with Crippen LogP contribution in [0, 0.1) is 23.5 Å². The van der Waals surface area contributed by atoms with Crippen LogP contribution >= 0.6 is 0 Å². The van der Waals surface area contributed by atoms with Gasteiger partial charge in [-0.2, -0.15) is 0 Å². The van der Waals surface area contributed by atoms with Crippen LogP contribution in [-0.2, 0) is 11.2 Å². The molecule has 0 aromatic heterocycles. The molecular formula is C15H18F2N2O. The molecule has 1 amide bonds. The van der Waals surface area contributed by atoms with E-state index in [0.717, 1.165) is 18.2 Å². The van der Waals surface area contributed by atoms with Gasteiger partial charge in [0.15, 0.2) is 0 Å². The van der Waals surface area contributed by atoms with Crippen LogP contribution in [0.15, 0.2) is 18.2 Å². The minimum Gasteiger partial charge on any atom is -0.340 e. The Labute approximate surface area is 116 Å². The quantitative estimate of drug-likeness (QED) is 0.916. The molecule has 3 rings (SSSR count). The monoisotopic (exact) mass is 280 g/mol. The summed E-state index contributed by atoms with van der Waals surface area (Å²) in [7, 11) is 0. The maximum Gasteiger partial charge on any atom is 0.227 e. The Bertz CT molecular complexity index is 531. The predicted molar refractivity (Wildman–Crippen MR) is 70.8 cm³/mol. The topological polar surface area (TPSA) is 46.3 Å². The molecule has 2 atom stereocenters. The third-order valence-electron chi connectivity index (χ3n) is 4.34. The van der Waals surface area contributed by atoms with Crippen LogP contribution in [0.2, 0.25) is 0 Å². The molecule has 1 aromatic rings. The fourth-order valence-corrected chi connectivity index (χ4v) is 3.03. The molecule has 108 valence electrons. The minimum atomic E-state index is -0.540. The fourth-order valence-electron chi connectivity index (χ4n) is 3.03. The molecule has 0 spiro atoms. The first-order valence-electron chi connectivity index (χ1n) is 7.02. The maximum atomic E-state index is 13.5. The Morgan fingerprint density at radius 3 is 2.75 bits per heavy atom. The zero-order chi connectivity index (χ0) is 14.3. The van der Waals surface area contributed by atoms with Crippen LogP contribution in [0.3, 0.4) is 0 Å². The van der Waals surface area contributed by atoms with Gasteiger partial charge in [-0.3, -0.25) is 4.79 Å². The van der Waals surface area contributed by atoms with E-state index in [1.54, 1.807) is 4.90 Å². The van der Waals surface area contributed by atoms with E-state index in [2.05, 4.69) is 0 Å². The Balaban J connectivity index is 1.66. The third-order valence-corrected chi connectivity index (χ3v) is 4.34. The third kappa shape index (κ3) is 2.68. The van der Waals surface area contributed by atoms with Gasteiger partial charge >= 0.3 is 0 Å². The summed E-state index contributed by atoms with van der Waals surface area (Å²) in [5.74, 6) is -0.219. The highest BCUT2D eigenvalue weighted by molar-refractivity contribution is 5.79. The first kappa shape index (κ1) is 13.5. The summed E-state index contributed by atoms with van der Waals surface area (Å²) in [6.45, 7) is 1.18. The molecule has 0 bridgehead atoms. The van der Waals surface area contributed by atoms with Crippen molar-refractivity contribution in [2.45, 2.75) is 25.3 Å². The van der Waals surface area contributed by atoms with Gasteiger partial charge in [-0.05, 0) is 42.9 Å². The summed E-state index contributed by atoms with van der Waals surface area (Å²) in [6.07, 6.45) is 2.28. The molecular weight excluding hydrogens is 262 g/mol. The van der Waals surface area contributed by atoms with Crippen molar-refractivity contribution in [2.75, 3.05) is 13.1 Å². The summed E-state index contributed by atoms with van der Waals surface area (Å²) in [4.78, 5) is 13.9. The Morgan fingerprint density at radius 2 is 2.05 bits per heavy atom. The van der Waals surface area contributed by atoms with Gasteiger partial charge in [0.05, 0.1) is 6.42 Å². The first-order chi connectivity index (χ1) is 9.54. The van der Waals surface area contributed by atoms with Gasteiger partial charge in [-0.15, -0.1) is 0 Å². The van der Waals surface area contributed by atoms with E-state index >= 15 is 0 Å². The lowest BCUT2D eigenvalue weighted by Gasteiger charge is -2.16. The minimum absolute atomic E-state index is 0.0174. The summed E-state index contributed by atoms with van der Waals surface area (Å²) in [6, 6.07) is 3.21. The molecule has 2 fully saturated rings. The van der Waals surface area contributed by atoms with Gasteiger partial charge in [-0.25, -0.2) is 8.78 Å². The Morgan fingerprint density at radius 1 is 1.30 bits per heavy atom. The number of amides is 1. The summed E-state index contributed by atoms with van der Waals surface area (Å²) >= 11 is 0. The predicted octanol–water partition coefficient (Wildman–Crippen LogP) is 1.70. The second-order valence-corrected chi connectivity index (χ2v) is 5.88. The van der Waals surface area contributed by atoms with Gasteiger partial charge in [0, 0.05) is 24.7 Å². The van der Waals surface area contributed by atoms with Crippen molar-refractivity contribution in [3.05, 3.63) is 35.4 Å². The molecule has 0 unspecified atom stereocenters. The van der Waals surface area contributed by atoms with Crippen molar-refractivity contribution >= 4 is 5.91 Å². The second-order valence-electron chi connectivity index (χ2n) is 5.88. The number of likely N-dealkylation sites (tertiary alicyclic amines) is 1. The van der Waals surface area contributed by atoms with Crippen LogP contribution in [0.1, 0.15) is 18.4 Å². The van der Waals surface area contributed by atoms with Gasteiger partial charge in [0.2, 0.25) is 5.91 Å². The molecule has 20 heavy (non-hydrogen) atoms. The highest BCUT2D eigenvalue weighted by Gasteiger charge is 2.42. The van der Waals surface area contributed by atoms with Gasteiger partial charge in [0.25, 0.3) is 0 Å². The number of rotatable bonds is 3. The lowest BCUT2D eigenvalue weighted by molar-refractivity contribution is -0.129. The summed E-state index contributed by atoms with van der Waals surface area (Å²) in [5, 5.41) is 0. The Kier molecular flexibility index (Phi) is 3.46. The Hall–Kier alpha value is -1.49. The number of halogens is 2. The van der Waals surface area contributed by atoms with Crippen LogP contribution in [0.5, 0.6) is 0 Å². The van der Waals surface area contributed by atoms with E-state index in [9.17, 15) is 13.6 Å². The van der Waals surface area contributed by atoms with Crippen LogP contribution in [-0.4, -0.2) is 29.9 Å². The molecule has 1 saturated carbocycles. The molecule has 1 aliphatic heterocycles. The van der Waals surface area contributed by atoms with E-state index in [4.69, 9.17) is 5.73 Å². The standard InChI is InChI=1S/C15H18F2N2O/c16-11-3-4-13(17)10(5-11)6-15(20)19-7-12(9-1-2-9)14(18)8-19/h3-5,9,12,14H,1-2,6-8,18H2/t12-,14+/m0/s1. The zero-order valence-corrected chi connectivity index (χ0v) is 11.2. The van der Waals surface area contributed by atoms with Crippen molar-refractivity contribution in [1.82, 2.24) is 4.90 Å². The first-order valence-corrected chi connectivity index (χ1v) is 7.02. The van der Waals surface area contributed by atoms with Gasteiger partial charge < -0.3 is 10.6 Å². The van der Waals surface area contributed by atoms with Crippen LogP contribution in [0.25, 0.3) is 0 Å². The smallest absolute Gasteiger partial charge is 0.227 e. The number of hydrogen-bond acceptors (Lipinski definition) is 2. The SMILES string of the molecule is N[C@@H]1CN(C(=O)Cc2cc(F)ccc2F)C[C@H]1C1CC1. The van der Waals surface area contributed by atoms with E-state index in [1.807, 2.05) is 0 Å². The molecule has 1 aromatic carbocycles. The van der Waals surface area contributed by atoms with Crippen molar-refractivity contribution in [3.8, 4) is 0 Å². The molecule has 2 aliphatic rings. The average Bonchev–Trinajstić information content (AvgIpc) is 3.17. The van der Waals surface area contributed by atoms with Crippen molar-refractivity contribution in [3.63, 3.8) is 0 Å².